The normalized spacial score (nSPS) is 10.5. The van der Waals surface area contributed by atoms with Gasteiger partial charge in [-0.15, -0.1) is 0 Å². The van der Waals surface area contributed by atoms with Crippen LogP contribution in [0.2, 0.25) is 0 Å². The van der Waals surface area contributed by atoms with Gasteiger partial charge in [0.05, 0.1) is 0 Å². The molecular weight excluding hydrogens is 395 g/mol. The molecule has 5 heteroatoms. The van der Waals surface area contributed by atoms with Gasteiger partial charge in [-0.25, -0.2) is 0 Å². The second kappa shape index (κ2) is 28.0. The Morgan fingerprint density at radius 1 is 0.452 bits per heavy atom. The topological polar surface area (TPSA) is 58.2 Å². The molecule has 0 heterocycles. The van der Waals surface area contributed by atoms with Crippen molar-refractivity contribution in [1.29, 1.82) is 0 Å². The van der Waals surface area contributed by atoms with Crippen LogP contribution in [0.1, 0.15) is 142 Å². The fraction of sp³-hybridized carbons (Fsp3) is 0.923. The summed E-state index contributed by atoms with van der Waals surface area (Å²) < 4.78 is 0. The maximum atomic E-state index is 11.8. The molecular formula is C26H53N2NaO2. The predicted molar refractivity (Wildman–Crippen MR) is 137 cm³/mol. The molecule has 0 bridgehead atoms. The second-order valence-electron chi connectivity index (χ2n) is 8.86. The van der Waals surface area contributed by atoms with Crippen molar-refractivity contribution < 1.29 is 9.59 Å². The summed E-state index contributed by atoms with van der Waals surface area (Å²) in [4.78, 5) is 23.7. The molecule has 0 saturated carbocycles. The molecule has 4 nitrogen and oxygen atoms in total. The van der Waals surface area contributed by atoms with Crippen LogP contribution in [-0.2, 0) is 9.59 Å². The molecule has 0 aliphatic heterocycles. The van der Waals surface area contributed by atoms with Crippen LogP contribution in [0.5, 0.6) is 0 Å². The van der Waals surface area contributed by atoms with Gasteiger partial charge in [0.25, 0.3) is 0 Å². The van der Waals surface area contributed by atoms with Crippen molar-refractivity contribution in [2.45, 2.75) is 142 Å². The Bertz CT molecular complexity index is 356. The van der Waals surface area contributed by atoms with Gasteiger partial charge in [0.2, 0.25) is 11.8 Å². The molecule has 180 valence electrons. The first-order valence-corrected chi connectivity index (χ1v) is 13.2. The van der Waals surface area contributed by atoms with Crippen LogP contribution in [0.3, 0.4) is 0 Å². The molecule has 0 atom stereocenters. The average molecular weight is 449 g/mol. The van der Waals surface area contributed by atoms with Crippen LogP contribution in [0.4, 0.5) is 0 Å². The molecule has 0 aliphatic rings. The van der Waals surface area contributed by atoms with Crippen LogP contribution >= 0.6 is 0 Å². The van der Waals surface area contributed by atoms with E-state index >= 15 is 0 Å². The summed E-state index contributed by atoms with van der Waals surface area (Å²) in [5.41, 5.74) is 0. The van der Waals surface area contributed by atoms with E-state index in [1.165, 1.54) is 89.9 Å². The van der Waals surface area contributed by atoms with Crippen molar-refractivity contribution in [3.63, 3.8) is 0 Å². The summed E-state index contributed by atoms with van der Waals surface area (Å²) in [5, 5.41) is 5.83. The SMILES string of the molecule is CCCCCCCCCCCC(=O)NCCNC(=O)CCCCCCCCCCC.[NaH]. The third kappa shape index (κ3) is 27.9. The Kier molecular flexibility index (Phi) is 29.9. The third-order valence-corrected chi connectivity index (χ3v) is 5.78. The van der Waals surface area contributed by atoms with Gasteiger partial charge in [-0.2, -0.15) is 0 Å². The minimum absolute atomic E-state index is 0. The summed E-state index contributed by atoms with van der Waals surface area (Å²) in [5.74, 6) is 0.234. The zero-order chi connectivity index (χ0) is 22.1. The Balaban J connectivity index is 0. The molecule has 0 aromatic rings. The number of carbonyl (C=O) groups is 2. The van der Waals surface area contributed by atoms with Crippen molar-refractivity contribution in [3.05, 3.63) is 0 Å². The van der Waals surface area contributed by atoms with E-state index in [0.717, 1.165) is 25.7 Å². The van der Waals surface area contributed by atoms with Gasteiger partial charge in [0.15, 0.2) is 0 Å². The van der Waals surface area contributed by atoms with Crippen LogP contribution < -0.4 is 10.6 Å². The van der Waals surface area contributed by atoms with Gasteiger partial charge in [-0.3, -0.25) is 9.59 Å². The number of unbranched alkanes of at least 4 members (excludes halogenated alkanes) is 16. The average Bonchev–Trinajstić information content (AvgIpc) is 2.74. The van der Waals surface area contributed by atoms with E-state index < -0.39 is 0 Å². The molecule has 0 radical (unpaired) electrons. The molecule has 0 aromatic carbocycles. The quantitative estimate of drug-likeness (QED) is 0.140. The minimum atomic E-state index is 0. The summed E-state index contributed by atoms with van der Waals surface area (Å²) in [6.45, 7) is 5.58. The molecule has 0 aliphatic carbocycles. The van der Waals surface area contributed by atoms with Gasteiger partial charge in [0, 0.05) is 25.9 Å². The van der Waals surface area contributed by atoms with Crippen LogP contribution in [0.25, 0.3) is 0 Å². The van der Waals surface area contributed by atoms with E-state index in [4.69, 9.17) is 0 Å². The number of rotatable bonds is 23. The summed E-state index contributed by atoms with van der Waals surface area (Å²) >= 11 is 0. The van der Waals surface area contributed by atoms with Crippen LogP contribution in [0, 0.1) is 0 Å². The first-order chi connectivity index (χ1) is 14.7. The first kappa shape index (κ1) is 33.1. The number of amides is 2. The van der Waals surface area contributed by atoms with E-state index in [2.05, 4.69) is 24.5 Å². The molecule has 2 amide bonds. The van der Waals surface area contributed by atoms with E-state index in [1.54, 1.807) is 0 Å². The zero-order valence-electron chi connectivity index (χ0n) is 20.4. The van der Waals surface area contributed by atoms with Gasteiger partial charge < -0.3 is 10.6 Å². The number of carbonyl (C=O) groups excluding carboxylic acids is 2. The van der Waals surface area contributed by atoms with Crippen LogP contribution in [0.15, 0.2) is 0 Å². The van der Waals surface area contributed by atoms with E-state index in [0.29, 0.717) is 25.9 Å². The van der Waals surface area contributed by atoms with Gasteiger partial charge in [-0.1, -0.05) is 117 Å². The second-order valence-corrected chi connectivity index (χ2v) is 8.86. The molecule has 31 heavy (non-hydrogen) atoms. The number of nitrogens with one attached hydrogen (secondary N) is 2. The maximum absolute atomic E-state index is 11.8. The van der Waals surface area contributed by atoms with E-state index in [1.807, 2.05) is 0 Å². The molecule has 0 fully saturated rings. The molecule has 0 unspecified atom stereocenters. The van der Waals surface area contributed by atoms with E-state index in [-0.39, 0.29) is 41.4 Å². The van der Waals surface area contributed by atoms with Crippen LogP contribution in [-0.4, -0.2) is 54.5 Å². The Labute approximate surface area is 216 Å². The van der Waals surface area contributed by atoms with Crippen molar-refractivity contribution >= 4 is 41.4 Å². The third-order valence-electron chi connectivity index (χ3n) is 5.78. The molecule has 0 aromatic heterocycles. The fourth-order valence-corrected chi connectivity index (χ4v) is 3.77. The zero-order valence-corrected chi connectivity index (χ0v) is 20.4. The molecule has 0 saturated heterocycles. The van der Waals surface area contributed by atoms with Crippen molar-refractivity contribution in [1.82, 2.24) is 10.6 Å². The summed E-state index contributed by atoms with van der Waals surface area (Å²) in [6, 6.07) is 0. The number of hydrogen-bond donors (Lipinski definition) is 2. The molecule has 0 rings (SSSR count). The van der Waals surface area contributed by atoms with Gasteiger partial charge in [-0.05, 0) is 12.8 Å². The molecule has 2 N–H and O–H groups in total. The van der Waals surface area contributed by atoms with E-state index in [9.17, 15) is 9.59 Å². The number of hydrogen-bond acceptors (Lipinski definition) is 2. The fourth-order valence-electron chi connectivity index (χ4n) is 3.77. The summed E-state index contributed by atoms with van der Waals surface area (Å²) in [6.07, 6.45) is 24.0. The Morgan fingerprint density at radius 3 is 1.00 bits per heavy atom. The van der Waals surface area contributed by atoms with Crippen molar-refractivity contribution in [3.8, 4) is 0 Å². The monoisotopic (exact) mass is 448 g/mol. The standard InChI is InChI=1S/C26H52N2O2.Na.H/c1-3-5-7-9-11-13-15-17-19-21-25(29)27-23-24-28-26(30)22-20-18-16-14-12-10-8-6-4-2;;/h3-24H2,1-2H3,(H,27,29)(H,28,30);;. The predicted octanol–water partition coefficient (Wildman–Crippen LogP) is 6.41. The summed E-state index contributed by atoms with van der Waals surface area (Å²) in [7, 11) is 0. The van der Waals surface area contributed by atoms with Gasteiger partial charge in [0.1, 0.15) is 0 Å². The first-order valence-electron chi connectivity index (χ1n) is 13.2. The van der Waals surface area contributed by atoms with Crippen molar-refractivity contribution in [2.75, 3.05) is 13.1 Å². The Morgan fingerprint density at radius 2 is 0.710 bits per heavy atom. The van der Waals surface area contributed by atoms with Gasteiger partial charge >= 0.3 is 29.6 Å². The Hall–Kier alpha value is -0.0600. The van der Waals surface area contributed by atoms with Crippen molar-refractivity contribution in [2.24, 2.45) is 0 Å². The molecule has 0 spiro atoms.